The van der Waals surface area contributed by atoms with Crippen LogP contribution in [0.4, 0.5) is 0 Å². The summed E-state index contributed by atoms with van der Waals surface area (Å²) in [5, 5.41) is 1.30. The van der Waals surface area contributed by atoms with Gasteiger partial charge in [-0.2, -0.15) is 0 Å². The summed E-state index contributed by atoms with van der Waals surface area (Å²) >= 11 is 1.87. The molecule has 5 heteroatoms. The van der Waals surface area contributed by atoms with E-state index in [0.717, 1.165) is 30.1 Å². The third kappa shape index (κ3) is 3.80. The first-order valence-corrected chi connectivity index (χ1v) is 10.4. The molecule has 2 aromatic carbocycles. The van der Waals surface area contributed by atoms with Crippen LogP contribution in [0.2, 0.25) is 0 Å². The van der Waals surface area contributed by atoms with Gasteiger partial charge >= 0.3 is 0 Å². The number of fused-ring (bicyclic) bond motifs is 1. The molecule has 0 amide bonds. The molecule has 1 aliphatic rings. The molecule has 1 N–H and O–H groups in total. The van der Waals surface area contributed by atoms with Crippen LogP contribution in [0.1, 0.15) is 34.9 Å². The van der Waals surface area contributed by atoms with Crippen molar-refractivity contribution in [2.75, 3.05) is 27.3 Å². The zero-order valence-electron chi connectivity index (χ0n) is 16.2. The van der Waals surface area contributed by atoms with E-state index in [1.54, 1.807) is 19.1 Å². The van der Waals surface area contributed by atoms with Crippen molar-refractivity contribution in [3.63, 3.8) is 0 Å². The molecule has 1 saturated heterocycles. The van der Waals surface area contributed by atoms with Gasteiger partial charge in [0.25, 0.3) is 0 Å². The van der Waals surface area contributed by atoms with Crippen molar-refractivity contribution >= 4 is 21.6 Å². The molecule has 0 saturated carbocycles. The molecule has 4 rings (SSSR count). The summed E-state index contributed by atoms with van der Waals surface area (Å²) in [6, 6.07) is 12.7. The summed E-state index contributed by atoms with van der Waals surface area (Å²) < 4.78 is 12.2. The molecule has 2 heterocycles. The second-order valence-electron chi connectivity index (χ2n) is 7.37. The number of hydrogen-bond acceptors (Lipinski definition) is 4. The van der Waals surface area contributed by atoms with Gasteiger partial charge in [-0.1, -0.05) is 12.1 Å². The molecule has 1 aromatic heterocycles. The number of methoxy groups -OCH3 is 2. The number of nitrogens with zero attached hydrogens (tertiary/aromatic N) is 1. The number of likely N-dealkylation sites (tertiary alicyclic amines) is 1. The number of rotatable bonds is 5. The predicted octanol–water partition coefficient (Wildman–Crippen LogP) is 3.58. The van der Waals surface area contributed by atoms with E-state index in [4.69, 9.17) is 14.5 Å². The van der Waals surface area contributed by atoms with Crippen molar-refractivity contribution in [2.45, 2.75) is 32.2 Å². The number of aromatic nitrogens is 1. The van der Waals surface area contributed by atoms with Gasteiger partial charge in [0.2, 0.25) is 0 Å². The molecule has 0 radical (unpaired) electrons. The minimum Gasteiger partial charge on any atom is -0.493 e. The lowest BCUT2D eigenvalue weighted by molar-refractivity contribution is -0.920. The number of ether oxygens (including phenoxy) is 2. The highest BCUT2D eigenvalue weighted by molar-refractivity contribution is 7.18. The molecule has 142 valence electrons. The Labute approximate surface area is 164 Å². The second-order valence-corrected chi connectivity index (χ2v) is 8.44. The highest BCUT2D eigenvalue weighted by Gasteiger charge is 2.27. The number of hydrogen-bond donors (Lipinski definition) is 1. The number of nitrogens with one attached hydrogen (secondary N) is 1. The fraction of sp³-hybridized carbons (Fsp3) is 0.409. The molecule has 1 unspecified atom stereocenters. The molecule has 2 atom stereocenters. The Morgan fingerprint density at radius 2 is 1.93 bits per heavy atom. The van der Waals surface area contributed by atoms with Gasteiger partial charge in [0, 0.05) is 5.56 Å². The van der Waals surface area contributed by atoms with E-state index in [1.807, 2.05) is 11.3 Å². The minimum absolute atomic E-state index is 0.562. The number of piperidine rings is 1. The van der Waals surface area contributed by atoms with Crippen LogP contribution < -0.4 is 14.4 Å². The Bertz CT molecular complexity index is 904. The third-order valence-corrected chi connectivity index (χ3v) is 6.76. The average molecular weight is 384 g/mol. The molecule has 0 bridgehead atoms. The maximum absolute atomic E-state index is 5.50. The third-order valence-electron chi connectivity index (χ3n) is 5.56. The van der Waals surface area contributed by atoms with Gasteiger partial charge in [-0.05, 0) is 49.6 Å². The maximum Gasteiger partial charge on any atom is 0.161 e. The van der Waals surface area contributed by atoms with Gasteiger partial charge < -0.3 is 14.4 Å². The zero-order chi connectivity index (χ0) is 18.8. The number of aryl methyl sites for hydroxylation is 1. The highest BCUT2D eigenvalue weighted by Crippen LogP contribution is 2.31. The number of thiazole rings is 1. The van der Waals surface area contributed by atoms with Gasteiger partial charge in [0.15, 0.2) is 11.5 Å². The Morgan fingerprint density at radius 3 is 2.70 bits per heavy atom. The average Bonchev–Trinajstić information content (AvgIpc) is 3.14. The molecule has 27 heavy (non-hydrogen) atoms. The Hall–Kier alpha value is -2.11. The smallest absolute Gasteiger partial charge is 0.161 e. The summed E-state index contributed by atoms with van der Waals surface area (Å²) in [6.07, 6.45) is 2.50. The van der Waals surface area contributed by atoms with Crippen LogP contribution in [0.3, 0.4) is 0 Å². The Morgan fingerprint density at radius 1 is 1.15 bits per heavy atom. The number of para-hydroxylation sites is 1. The summed E-state index contributed by atoms with van der Waals surface area (Å²) in [5.41, 5.74) is 3.75. The van der Waals surface area contributed by atoms with Gasteiger partial charge in [-0.3, -0.25) is 0 Å². The first-order chi connectivity index (χ1) is 13.2. The zero-order valence-corrected chi connectivity index (χ0v) is 17.1. The lowest BCUT2D eigenvalue weighted by atomic mass is 9.97. The second kappa shape index (κ2) is 7.87. The summed E-state index contributed by atoms with van der Waals surface area (Å²) in [5.74, 6) is 2.18. The van der Waals surface area contributed by atoms with Crippen molar-refractivity contribution in [1.29, 1.82) is 0 Å². The van der Waals surface area contributed by atoms with E-state index < -0.39 is 0 Å². The van der Waals surface area contributed by atoms with Crippen LogP contribution in [-0.4, -0.2) is 32.3 Å². The van der Waals surface area contributed by atoms with E-state index in [0.29, 0.717) is 5.92 Å². The Kier molecular flexibility index (Phi) is 5.32. The summed E-state index contributed by atoms with van der Waals surface area (Å²) in [6.45, 7) is 5.54. The van der Waals surface area contributed by atoms with E-state index >= 15 is 0 Å². The first-order valence-electron chi connectivity index (χ1n) is 9.58. The SMILES string of the molecule is COc1cc(C)c(C[NH+]2CCC[C@H](c3nc4ccccc4s3)C2)cc1OC. The minimum atomic E-state index is 0.562. The number of benzene rings is 2. The van der Waals surface area contributed by atoms with Gasteiger partial charge in [-0.25, -0.2) is 4.98 Å². The fourth-order valence-corrected chi connectivity index (χ4v) is 5.17. The number of quaternary nitrogens is 1. The van der Waals surface area contributed by atoms with Crippen LogP contribution in [0.15, 0.2) is 36.4 Å². The maximum atomic E-state index is 5.50. The normalized spacial score (nSPS) is 20.0. The largest absolute Gasteiger partial charge is 0.493 e. The Balaban J connectivity index is 1.52. The van der Waals surface area contributed by atoms with Crippen LogP contribution in [0, 0.1) is 6.92 Å². The van der Waals surface area contributed by atoms with E-state index in [9.17, 15) is 0 Å². The van der Waals surface area contributed by atoms with Crippen LogP contribution in [-0.2, 0) is 6.54 Å². The highest BCUT2D eigenvalue weighted by atomic mass is 32.1. The van der Waals surface area contributed by atoms with E-state index in [2.05, 4.69) is 43.3 Å². The molecule has 0 spiro atoms. The molecule has 0 aliphatic carbocycles. The van der Waals surface area contributed by atoms with E-state index in [1.165, 1.54) is 40.2 Å². The van der Waals surface area contributed by atoms with Crippen LogP contribution in [0.5, 0.6) is 11.5 Å². The molecule has 1 aliphatic heterocycles. The van der Waals surface area contributed by atoms with Gasteiger partial charge in [0.05, 0.1) is 43.4 Å². The van der Waals surface area contributed by atoms with Gasteiger partial charge in [-0.15, -0.1) is 11.3 Å². The standard InChI is InChI=1S/C22H26N2O2S/c1-15-11-19(25-2)20(26-3)12-17(15)14-24-10-6-7-16(13-24)22-23-18-8-4-5-9-21(18)27-22/h4-5,8-9,11-12,16H,6-7,10,13-14H2,1-3H3/p+1/t16-/m0/s1. The predicted molar refractivity (Wildman–Crippen MR) is 110 cm³/mol. The lowest BCUT2D eigenvalue weighted by Crippen LogP contribution is -3.12. The quantitative estimate of drug-likeness (QED) is 0.731. The molecule has 4 nitrogen and oxygen atoms in total. The lowest BCUT2D eigenvalue weighted by Gasteiger charge is -2.29. The monoisotopic (exact) mass is 383 g/mol. The summed E-state index contributed by atoms with van der Waals surface area (Å²) in [7, 11) is 3.39. The topological polar surface area (TPSA) is 35.8 Å². The molecular formula is C22H27N2O2S+. The molecular weight excluding hydrogens is 356 g/mol. The fourth-order valence-electron chi connectivity index (χ4n) is 4.07. The van der Waals surface area contributed by atoms with Crippen molar-refractivity contribution in [3.8, 4) is 11.5 Å². The van der Waals surface area contributed by atoms with Crippen molar-refractivity contribution in [2.24, 2.45) is 0 Å². The summed E-state index contributed by atoms with van der Waals surface area (Å²) in [4.78, 5) is 6.54. The molecule has 1 fully saturated rings. The van der Waals surface area contributed by atoms with Crippen molar-refractivity contribution in [1.82, 2.24) is 4.98 Å². The van der Waals surface area contributed by atoms with Crippen LogP contribution >= 0.6 is 11.3 Å². The van der Waals surface area contributed by atoms with Crippen LogP contribution in [0.25, 0.3) is 10.2 Å². The van der Waals surface area contributed by atoms with Crippen molar-refractivity contribution < 1.29 is 14.4 Å². The molecule has 3 aromatic rings. The van der Waals surface area contributed by atoms with Gasteiger partial charge in [0.1, 0.15) is 11.6 Å². The van der Waals surface area contributed by atoms with Crippen molar-refractivity contribution in [3.05, 3.63) is 52.5 Å². The van der Waals surface area contributed by atoms with E-state index in [-0.39, 0.29) is 0 Å². The first kappa shape index (κ1) is 18.3.